The SMILES string of the molecule is Cc1ccncc1-c1cccc2c1ncn2-c1cccc(F)n1. The van der Waals surface area contributed by atoms with E-state index >= 15 is 0 Å². The zero-order chi connectivity index (χ0) is 15.8. The van der Waals surface area contributed by atoms with Crippen LogP contribution >= 0.6 is 0 Å². The maximum absolute atomic E-state index is 13.4. The Balaban J connectivity index is 1.96. The molecule has 0 aliphatic rings. The summed E-state index contributed by atoms with van der Waals surface area (Å²) in [7, 11) is 0. The van der Waals surface area contributed by atoms with Gasteiger partial charge in [-0.1, -0.05) is 18.2 Å². The molecule has 0 aliphatic heterocycles. The molecule has 3 aromatic heterocycles. The molecule has 0 saturated carbocycles. The molecule has 112 valence electrons. The van der Waals surface area contributed by atoms with Gasteiger partial charge in [-0.2, -0.15) is 4.39 Å². The highest BCUT2D eigenvalue weighted by atomic mass is 19.1. The van der Waals surface area contributed by atoms with Crippen LogP contribution in [0.5, 0.6) is 0 Å². The third-order valence-electron chi connectivity index (χ3n) is 3.85. The van der Waals surface area contributed by atoms with Crippen LogP contribution in [0, 0.1) is 12.9 Å². The molecule has 0 aliphatic carbocycles. The van der Waals surface area contributed by atoms with Gasteiger partial charge in [0.1, 0.15) is 12.1 Å². The fourth-order valence-corrected chi connectivity index (χ4v) is 2.72. The Labute approximate surface area is 132 Å². The number of halogens is 1. The Morgan fingerprint density at radius 3 is 2.70 bits per heavy atom. The van der Waals surface area contributed by atoms with Crippen molar-refractivity contribution in [3.8, 4) is 16.9 Å². The van der Waals surface area contributed by atoms with E-state index in [2.05, 4.69) is 15.0 Å². The van der Waals surface area contributed by atoms with E-state index in [0.717, 1.165) is 27.7 Å². The van der Waals surface area contributed by atoms with E-state index in [1.807, 2.05) is 37.4 Å². The second kappa shape index (κ2) is 5.28. The third kappa shape index (κ3) is 2.26. The van der Waals surface area contributed by atoms with E-state index in [1.54, 1.807) is 29.2 Å². The van der Waals surface area contributed by atoms with Crippen LogP contribution in [0.15, 0.2) is 61.2 Å². The number of hydrogen-bond donors (Lipinski definition) is 0. The van der Waals surface area contributed by atoms with Crippen LogP contribution in [0.4, 0.5) is 4.39 Å². The molecule has 0 amide bonds. The molecule has 4 nitrogen and oxygen atoms in total. The second-order valence-electron chi connectivity index (χ2n) is 5.30. The van der Waals surface area contributed by atoms with Gasteiger partial charge >= 0.3 is 0 Å². The summed E-state index contributed by atoms with van der Waals surface area (Å²) in [6, 6.07) is 12.6. The average molecular weight is 304 g/mol. The Kier molecular flexibility index (Phi) is 3.12. The van der Waals surface area contributed by atoms with Gasteiger partial charge < -0.3 is 0 Å². The van der Waals surface area contributed by atoms with Gasteiger partial charge in [0.15, 0.2) is 0 Å². The lowest BCUT2D eigenvalue weighted by atomic mass is 10.0. The minimum absolute atomic E-state index is 0.507. The molecule has 0 atom stereocenters. The van der Waals surface area contributed by atoms with Gasteiger partial charge in [-0.15, -0.1) is 0 Å². The van der Waals surface area contributed by atoms with Crippen molar-refractivity contribution in [1.29, 1.82) is 0 Å². The van der Waals surface area contributed by atoms with Crippen molar-refractivity contribution in [3.63, 3.8) is 0 Å². The predicted molar refractivity (Wildman–Crippen MR) is 86.8 cm³/mol. The Bertz CT molecular complexity index is 1010. The van der Waals surface area contributed by atoms with Crippen LogP contribution in [-0.2, 0) is 0 Å². The molecular formula is C18H13FN4. The molecule has 0 N–H and O–H groups in total. The maximum atomic E-state index is 13.4. The van der Waals surface area contributed by atoms with Gasteiger partial charge in [0.05, 0.1) is 11.0 Å². The summed E-state index contributed by atoms with van der Waals surface area (Å²) in [5.41, 5.74) is 4.89. The Morgan fingerprint density at radius 2 is 1.87 bits per heavy atom. The first-order chi connectivity index (χ1) is 11.2. The molecule has 3 heterocycles. The number of nitrogens with zero attached hydrogens (tertiary/aromatic N) is 4. The van der Waals surface area contributed by atoms with Crippen molar-refractivity contribution >= 4 is 11.0 Å². The normalized spacial score (nSPS) is 11.0. The summed E-state index contributed by atoms with van der Waals surface area (Å²) in [5.74, 6) is -0.00355. The van der Waals surface area contributed by atoms with E-state index in [0.29, 0.717) is 5.82 Å². The summed E-state index contributed by atoms with van der Waals surface area (Å²) in [4.78, 5) is 12.7. The Morgan fingerprint density at radius 1 is 1.00 bits per heavy atom. The molecular weight excluding hydrogens is 291 g/mol. The molecule has 23 heavy (non-hydrogen) atoms. The van der Waals surface area contributed by atoms with Gasteiger partial charge in [-0.05, 0) is 36.8 Å². The van der Waals surface area contributed by atoms with Crippen molar-refractivity contribution in [2.75, 3.05) is 0 Å². The summed E-state index contributed by atoms with van der Waals surface area (Å²) in [5, 5.41) is 0. The maximum Gasteiger partial charge on any atom is 0.214 e. The minimum Gasteiger partial charge on any atom is -0.283 e. The molecule has 4 rings (SSSR count). The number of benzene rings is 1. The molecule has 0 spiro atoms. The van der Waals surface area contributed by atoms with Crippen LogP contribution < -0.4 is 0 Å². The summed E-state index contributed by atoms with van der Waals surface area (Å²) in [6.45, 7) is 2.04. The summed E-state index contributed by atoms with van der Waals surface area (Å²) < 4.78 is 15.2. The fraction of sp³-hybridized carbons (Fsp3) is 0.0556. The molecule has 0 radical (unpaired) electrons. The highest BCUT2D eigenvalue weighted by Gasteiger charge is 2.12. The lowest BCUT2D eigenvalue weighted by Gasteiger charge is -2.07. The number of pyridine rings is 2. The Hall–Kier alpha value is -3.08. The first-order valence-electron chi connectivity index (χ1n) is 7.24. The van der Waals surface area contributed by atoms with Crippen LogP contribution in [0.25, 0.3) is 28.0 Å². The quantitative estimate of drug-likeness (QED) is 0.527. The highest BCUT2D eigenvalue weighted by Crippen LogP contribution is 2.30. The number of aryl methyl sites for hydroxylation is 1. The van der Waals surface area contributed by atoms with Crippen LogP contribution in [0.2, 0.25) is 0 Å². The molecule has 4 aromatic rings. The number of aromatic nitrogens is 4. The summed E-state index contributed by atoms with van der Waals surface area (Å²) >= 11 is 0. The van der Waals surface area contributed by atoms with Crippen molar-refractivity contribution in [2.24, 2.45) is 0 Å². The van der Waals surface area contributed by atoms with Gasteiger partial charge in [0.2, 0.25) is 5.95 Å². The zero-order valence-electron chi connectivity index (χ0n) is 12.4. The van der Waals surface area contributed by atoms with Gasteiger partial charge in [-0.25, -0.2) is 9.97 Å². The number of rotatable bonds is 2. The molecule has 0 fully saturated rings. The monoisotopic (exact) mass is 304 g/mol. The number of fused-ring (bicyclic) bond motifs is 1. The van der Waals surface area contributed by atoms with Crippen molar-refractivity contribution < 1.29 is 4.39 Å². The predicted octanol–water partition coefficient (Wildman–Crippen LogP) is 3.93. The molecule has 1 aromatic carbocycles. The number of para-hydroxylation sites is 1. The van der Waals surface area contributed by atoms with Crippen LogP contribution in [0.3, 0.4) is 0 Å². The fourth-order valence-electron chi connectivity index (χ4n) is 2.72. The minimum atomic E-state index is -0.511. The van der Waals surface area contributed by atoms with Gasteiger partial charge in [0.25, 0.3) is 0 Å². The smallest absolute Gasteiger partial charge is 0.214 e. The molecule has 0 bridgehead atoms. The zero-order valence-corrected chi connectivity index (χ0v) is 12.4. The lowest BCUT2D eigenvalue weighted by molar-refractivity contribution is 0.581. The lowest BCUT2D eigenvalue weighted by Crippen LogP contribution is -1.97. The van der Waals surface area contributed by atoms with E-state index in [4.69, 9.17) is 0 Å². The number of imidazole rings is 1. The van der Waals surface area contributed by atoms with Crippen molar-refractivity contribution in [3.05, 3.63) is 72.7 Å². The number of hydrogen-bond acceptors (Lipinski definition) is 3. The van der Waals surface area contributed by atoms with Crippen molar-refractivity contribution in [2.45, 2.75) is 6.92 Å². The highest BCUT2D eigenvalue weighted by molar-refractivity contribution is 5.93. The van der Waals surface area contributed by atoms with E-state index < -0.39 is 5.95 Å². The molecule has 0 saturated heterocycles. The largest absolute Gasteiger partial charge is 0.283 e. The molecule has 0 unspecified atom stereocenters. The van der Waals surface area contributed by atoms with Crippen molar-refractivity contribution in [1.82, 2.24) is 19.5 Å². The standard InChI is InChI=1S/C18H13FN4/c1-12-8-9-20-10-14(12)13-4-2-5-15-18(13)21-11-23(15)17-7-3-6-16(19)22-17/h2-11H,1H3. The van der Waals surface area contributed by atoms with Gasteiger partial charge in [0, 0.05) is 23.5 Å². The van der Waals surface area contributed by atoms with E-state index in [9.17, 15) is 4.39 Å². The van der Waals surface area contributed by atoms with Gasteiger partial charge in [-0.3, -0.25) is 9.55 Å². The first-order valence-corrected chi connectivity index (χ1v) is 7.24. The topological polar surface area (TPSA) is 43.6 Å². The molecule has 5 heteroatoms. The van der Waals surface area contributed by atoms with E-state index in [1.165, 1.54) is 6.07 Å². The first kappa shape index (κ1) is 13.6. The average Bonchev–Trinajstić information content (AvgIpc) is 2.99. The van der Waals surface area contributed by atoms with Crippen LogP contribution in [0.1, 0.15) is 5.56 Å². The third-order valence-corrected chi connectivity index (χ3v) is 3.85. The van der Waals surface area contributed by atoms with Crippen LogP contribution in [-0.4, -0.2) is 19.5 Å². The van der Waals surface area contributed by atoms with E-state index in [-0.39, 0.29) is 0 Å². The summed E-state index contributed by atoms with van der Waals surface area (Å²) in [6.07, 6.45) is 5.28. The second-order valence-corrected chi connectivity index (χ2v) is 5.30.